The summed E-state index contributed by atoms with van der Waals surface area (Å²) in [4.78, 5) is 11.6. The van der Waals surface area contributed by atoms with Gasteiger partial charge in [-0.05, 0) is 44.7 Å². The van der Waals surface area contributed by atoms with Crippen LogP contribution in [0.15, 0.2) is 0 Å². The molecule has 0 saturated carbocycles. The second-order valence-electron chi connectivity index (χ2n) is 4.61. The van der Waals surface area contributed by atoms with Crippen molar-refractivity contribution in [3.8, 4) is 0 Å². The van der Waals surface area contributed by atoms with Crippen LogP contribution in [0.4, 0.5) is 0 Å². The summed E-state index contributed by atoms with van der Waals surface area (Å²) in [6.07, 6.45) is 4.79. The molecule has 2 atom stereocenters. The van der Waals surface area contributed by atoms with E-state index in [9.17, 15) is 4.79 Å². The van der Waals surface area contributed by atoms with Crippen molar-refractivity contribution in [2.24, 2.45) is 5.92 Å². The second kappa shape index (κ2) is 7.63. The molecule has 0 radical (unpaired) electrons. The molecule has 1 rings (SSSR count). The first-order valence-electron chi connectivity index (χ1n) is 6.37. The molecular weight excluding hydrogens is 204 g/mol. The van der Waals surface area contributed by atoms with Crippen molar-refractivity contribution in [2.75, 3.05) is 19.7 Å². The predicted octanol–water partition coefficient (Wildman–Crippen LogP) is 0.653. The fourth-order valence-corrected chi connectivity index (χ4v) is 2.08. The van der Waals surface area contributed by atoms with Gasteiger partial charge in [0.05, 0.1) is 12.6 Å². The number of carbonyl (C=O) groups is 1. The van der Waals surface area contributed by atoms with Crippen LogP contribution in [0.25, 0.3) is 0 Å². The molecule has 0 spiro atoms. The summed E-state index contributed by atoms with van der Waals surface area (Å²) in [6, 6.07) is -0.0722. The fraction of sp³-hybridized carbons (Fsp3) is 0.917. The van der Waals surface area contributed by atoms with E-state index in [0.29, 0.717) is 12.3 Å². The van der Waals surface area contributed by atoms with E-state index in [-0.39, 0.29) is 18.6 Å². The van der Waals surface area contributed by atoms with E-state index in [0.717, 1.165) is 25.9 Å². The number of hydrogen-bond donors (Lipinski definition) is 3. The Morgan fingerprint density at radius 2 is 2.44 bits per heavy atom. The van der Waals surface area contributed by atoms with Gasteiger partial charge in [0, 0.05) is 6.42 Å². The van der Waals surface area contributed by atoms with Crippen LogP contribution in [0, 0.1) is 5.92 Å². The summed E-state index contributed by atoms with van der Waals surface area (Å²) < 4.78 is 0. The van der Waals surface area contributed by atoms with Gasteiger partial charge in [-0.15, -0.1) is 0 Å². The highest BCUT2D eigenvalue weighted by atomic mass is 16.3. The number of aliphatic hydroxyl groups is 1. The molecule has 1 amide bonds. The predicted molar refractivity (Wildman–Crippen MR) is 64.1 cm³/mol. The van der Waals surface area contributed by atoms with Crippen molar-refractivity contribution in [3.05, 3.63) is 0 Å². The van der Waals surface area contributed by atoms with Gasteiger partial charge in [0.2, 0.25) is 5.91 Å². The zero-order valence-corrected chi connectivity index (χ0v) is 10.2. The van der Waals surface area contributed by atoms with E-state index in [1.165, 1.54) is 12.8 Å². The third-order valence-corrected chi connectivity index (χ3v) is 3.26. The Morgan fingerprint density at radius 1 is 1.62 bits per heavy atom. The number of amides is 1. The highest BCUT2D eigenvalue weighted by molar-refractivity contribution is 5.76. The summed E-state index contributed by atoms with van der Waals surface area (Å²) in [7, 11) is 0. The molecule has 16 heavy (non-hydrogen) atoms. The molecule has 1 aliphatic rings. The van der Waals surface area contributed by atoms with Crippen LogP contribution in [-0.2, 0) is 4.79 Å². The monoisotopic (exact) mass is 228 g/mol. The number of piperidine rings is 1. The molecule has 0 aromatic carbocycles. The van der Waals surface area contributed by atoms with Crippen molar-refractivity contribution >= 4 is 5.91 Å². The lowest BCUT2D eigenvalue weighted by molar-refractivity contribution is -0.122. The summed E-state index contributed by atoms with van der Waals surface area (Å²) >= 11 is 0. The maximum atomic E-state index is 11.6. The lowest BCUT2D eigenvalue weighted by Crippen LogP contribution is -2.37. The van der Waals surface area contributed by atoms with E-state index in [4.69, 9.17) is 5.11 Å². The van der Waals surface area contributed by atoms with Crippen LogP contribution in [0.5, 0.6) is 0 Å². The highest BCUT2D eigenvalue weighted by Gasteiger charge is 2.15. The first-order valence-corrected chi connectivity index (χ1v) is 6.37. The molecule has 4 heteroatoms. The van der Waals surface area contributed by atoms with E-state index >= 15 is 0 Å². The Kier molecular flexibility index (Phi) is 6.42. The van der Waals surface area contributed by atoms with E-state index in [1.54, 1.807) is 0 Å². The smallest absolute Gasteiger partial charge is 0.220 e. The largest absolute Gasteiger partial charge is 0.394 e. The average Bonchev–Trinajstić information content (AvgIpc) is 2.34. The minimum atomic E-state index is -0.0722. The Labute approximate surface area is 97.8 Å². The van der Waals surface area contributed by atoms with Crippen LogP contribution >= 0.6 is 0 Å². The Morgan fingerprint density at radius 3 is 3.00 bits per heavy atom. The molecule has 0 bridgehead atoms. The third-order valence-electron chi connectivity index (χ3n) is 3.26. The fourth-order valence-electron chi connectivity index (χ4n) is 2.08. The first-order chi connectivity index (χ1) is 7.76. The van der Waals surface area contributed by atoms with Crippen molar-refractivity contribution in [2.45, 2.75) is 45.1 Å². The van der Waals surface area contributed by atoms with E-state index < -0.39 is 0 Å². The van der Waals surface area contributed by atoms with Crippen molar-refractivity contribution in [3.63, 3.8) is 0 Å². The molecule has 1 unspecified atom stereocenters. The quantitative estimate of drug-likeness (QED) is 0.625. The van der Waals surface area contributed by atoms with Gasteiger partial charge < -0.3 is 15.7 Å². The molecule has 1 heterocycles. The summed E-state index contributed by atoms with van der Waals surface area (Å²) in [6.45, 7) is 4.16. The molecule has 4 nitrogen and oxygen atoms in total. The second-order valence-corrected chi connectivity index (χ2v) is 4.61. The normalized spacial score (nSPS) is 22.8. The molecule has 94 valence electrons. The van der Waals surface area contributed by atoms with Gasteiger partial charge in [-0.3, -0.25) is 4.79 Å². The van der Waals surface area contributed by atoms with Gasteiger partial charge in [-0.1, -0.05) is 6.92 Å². The Balaban J connectivity index is 2.13. The SMILES string of the molecule is CC[C@@H](CO)NC(=O)CCC1CCCNC1. The summed E-state index contributed by atoms with van der Waals surface area (Å²) in [5.74, 6) is 0.722. The first kappa shape index (κ1) is 13.5. The zero-order chi connectivity index (χ0) is 11.8. The summed E-state index contributed by atoms with van der Waals surface area (Å²) in [5.41, 5.74) is 0. The molecule has 1 saturated heterocycles. The third kappa shape index (κ3) is 4.94. The number of rotatable bonds is 6. The molecule has 1 fully saturated rings. The molecule has 3 N–H and O–H groups in total. The van der Waals surface area contributed by atoms with Gasteiger partial charge in [0.1, 0.15) is 0 Å². The van der Waals surface area contributed by atoms with Gasteiger partial charge in [0.15, 0.2) is 0 Å². The lowest BCUT2D eigenvalue weighted by atomic mass is 9.94. The van der Waals surface area contributed by atoms with Crippen LogP contribution in [0.1, 0.15) is 39.0 Å². The Bertz CT molecular complexity index is 199. The average molecular weight is 228 g/mol. The molecular formula is C12H24N2O2. The van der Waals surface area contributed by atoms with Crippen LogP contribution in [0.2, 0.25) is 0 Å². The van der Waals surface area contributed by atoms with Gasteiger partial charge in [-0.25, -0.2) is 0 Å². The van der Waals surface area contributed by atoms with Gasteiger partial charge in [-0.2, -0.15) is 0 Å². The van der Waals surface area contributed by atoms with Crippen LogP contribution in [-0.4, -0.2) is 36.8 Å². The maximum absolute atomic E-state index is 11.6. The van der Waals surface area contributed by atoms with Crippen LogP contribution in [0.3, 0.4) is 0 Å². The number of carbonyl (C=O) groups excluding carboxylic acids is 1. The van der Waals surface area contributed by atoms with Crippen molar-refractivity contribution in [1.29, 1.82) is 0 Å². The topological polar surface area (TPSA) is 61.4 Å². The minimum absolute atomic E-state index is 0.0349. The zero-order valence-electron chi connectivity index (χ0n) is 10.2. The standard InChI is InChI=1S/C12H24N2O2/c1-2-11(9-15)14-12(16)6-5-10-4-3-7-13-8-10/h10-11,13,15H,2-9H2,1H3,(H,14,16)/t10?,11-/m0/s1. The van der Waals surface area contributed by atoms with Crippen LogP contribution < -0.4 is 10.6 Å². The van der Waals surface area contributed by atoms with Crippen molar-refractivity contribution < 1.29 is 9.90 Å². The molecule has 1 aliphatic heterocycles. The summed E-state index contributed by atoms with van der Waals surface area (Å²) in [5, 5.41) is 15.2. The number of nitrogens with one attached hydrogen (secondary N) is 2. The highest BCUT2D eigenvalue weighted by Crippen LogP contribution is 2.15. The lowest BCUT2D eigenvalue weighted by Gasteiger charge is -2.22. The molecule has 0 aliphatic carbocycles. The van der Waals surface area contributed by atoms with Gasteiger partial charge in [0.25, 0.3) is 0 Å². The minimum Gasteiger partial charge on any atom is -0.394 e. The molecule has 0 aromatic heterocycles. The van der Waals surface area contributed by atoms with E-state index in [2.05, 4.69) is 10.6 Å². The van der Waals surface area contributed by atoms with Crippen molar-refractivity contribution in [1.82, 2.24) is 10.6 Å². The maximum Gasteiger partial charge on any atom is 0.220 e. The number of hydrogen-bond acceptors (Lipinski definition) is 3. The number of aliphatic hydroxyl groups excluding tert-OH is 1. The van der Waals surface area contributed by atoms with Gasteiger partial charge >= 0.3 is 0 Å². The molecule has 0 aromatic rings. The Hall–Kier alpha value is -0.610. The van der Waals surface area contributed by atoms with E-state index in [1.807, 2.05) is 6.92 Å².